The highest BCUT2D eigenvalue weighted by atomic mass is 32.2. The zero-order chi connectivity index (χ0) is 16.6. The molecule has 2 aromatic rings. The van der Waals surface area contributed by atoms with Crippen LogP contribution in [-0.4, -0.2) is 34.5 Å². The van der Waals surface area contributed by atoms with E-state index in [1.54, 1.807) is 25.6 Å². The number of hydrogen-bond donors (Lipinski definition) is 1. The number of rotatable bonds is 5. The molecule has 0 fully saturated rings. The SMILES string of the molecule is Cc1nn(C)c(C)c1S(=O)(=O)NCCn1ncc2c1CCCC2. The van der Waals surface area contributed by atoms with Crippen molar-refractivity contribution in [1.82, 2.24) is 24.3 Å². The number of hydrogen-bond acceptors (Lipinski definition) is 4. The highest BCUT2D eigenvalue weighted by molar-refractivity contribution is 7.89. The smallest absolute Gasteiger partial charge is 0.244 e. The highest BCUT2D eigenvalue weighted by Gasteiger charge is 2.23. The predicted molar refractivity (Wildman–Crippen MR) is 86.7 cm³/mol. The van der Waals surface area contributed by atoms with Gasteiger partial charge in [0.2, 0.25) is 10.0 Å². The molecular formula is C15H23N5O2S. The fourth-order valence-electron chi connectivity index (χ4n) is 3.25. The summed E-state index contributed by atoms with van der Waals surface area (Å²) in [6, 6.07) is 0. The molecule has 23 heavy (non-hydrogen) atoms. The molecule has 2 aromatic heterocycles. The Labute approximate surface area is 136 Å². The quantitative estimate of drug-likeness (QED) is 0.885. The maximum Gasteiger partial charge on any atom is 0.244 e. The first-order valence-corrected chi connectivity index (χ1v) is 9.42. The van der Waals surface area contributed by atoms with Crippen molar-refractivity contribution in [3.8, 4) is 0 Å². The van der Waals surface area contributed by atoms with Gasteiger partial charge < -0.3 is 0 Å². The van der Waals surface area contributed by atoms with E-state index in [0.717, 1.165) is 12.8 Å². The summed E-state index contributed by atoms with van der Waals surface area (Å²) in [6.45, 7) is 4.35. The molecule has 1 aliphatic carbocycles. The Kier molecular flexibility index (Phi) is 4.29. The van der Waals surface area contributed by atoms with Crippen LogP contribution in [0.2, 0.25) is 0 Å². The van der Waals surface area contributed by atoms with Gasteiger partial charge in [0.05, 0.1) is 24.1 Å². The summed E-state index contributed by atoms with van der Waals surface area (Å²) in [5.74, 6) is 0. The summed E-state index contributed by atoms with van der Waals surface area (Å²) in [5.41, 5.74) is 3.72. The second-order valence-corrected chi connectivity index (χ2v) is 7.77. The lowest BCUT2D eigenvalue weighted by Crippen LogP contribution is -2.29. The molecule has 126 valence electrons. The molecule has 1 N–H and O–H groups in total. The summed E-state index contributed by atoms with van der Waals surface area (Å²) in [7, 11) is -1.80. The van der Waals surface area contributed by atoms with Crippen molar-refractivity contribution < 1.29 is 8.42 Å². The van der Waals surface area contributed by atoms with E-state index < -0.39 is 10.0 Å². The van der Waals surface area contributed by atoms with Crippen LogP contribution in [0.4, 0.5) is 0 Å². The lowest BCUT2D eigenvalue weighted by molar-refractivity contribution is 0.538. The van der Waals surface area contributed by atoms with Crippen LogP contribution in [0.1, 0.15) is 35.5 Å². The lowest BCUT2D eigenvalue weighted by Gasteiger charge is -2.14. The molecule has 0 radical (unpaired) electrons. The highest BCUT2D eigenvalue weighted by Crippen LogP contribution is 2.21. The molecule has 3 rings (SSSR count). The maximum absolute atomic E-state index is 12.5. The minimum atomic E-state index is -3.55. The van der Waals surface area contributed by atoms with E-state index in [9.17, 15) is 8.42 Å². The summed E-state index contributed by atoms with van der Waals surface area (Å²) >= 11 is 0. The van der Waals surface area contributed by atoms with E-state index in [1.165, 1.54) is 24.1 Å². The fraction of sp³-hybridized carbons (Fsp3) is 0.600. The minimum absolute atomic E-state index is 0.280. The average molecular weight is 337 g/mol. The van der Waals surface area contributed by atoms with E-state index >= 15 is 0 Å². The van der Waals surface area contributed by atoms with Crippen LogP contribution in [0.15, 0.2) is 11.1 Å². The second kappa shape index (κ2) is 6.09. The van der Waals surface area contributed by atoms with Crippen LogP contribution < -0.4 is 4.72 Å². The second-order valence-electron chi connectivity index (χ2n) is 6.07. The van der Waals surface area contributed by atoms with E-state index in [0.29, 0.717) is 24.5 Å². The molecule has 0 amide bonds. The van der Waals surface area contributed by atoms with Crippen molar-refractivity contribution in [2.24, 2.45) is 7.05 Å². The van der Waals surface area contributed by atoms with Crippen LogP contribution in [0, 0.1) is 13.8 Å². The molecule has 0 aliphatic heterocycles. The monoisotopic (exact) mass is 337 g/mol. The van der Waals surface area contributed by atoms with Gasteiger partial charge in [0.1, 0.15) is 4.90 Å². The number of nitrogens with one attached hydrogen (secondary N) is 1. The molecule has 7 nitrogen and oxygen atoms in total. The molecule has 0 unspecified atom stereocenters. The van der Waals surface area contributed by atoms with Crippen LogP contribution in [0.25, 0.3) is 0 Å². The third-order valence-electron chi connectivity index (χ3n) is 4.47. The number of nitrogens with zero attached hydrogens (tertiary/aromatic N) is 4. The Hall–Kier alpha value is -1.67. The average Bonchev–Trinajstić information content (AvgIpc) is 3.01. The molecule has 8 heteroatoms. The number of fused-ring (bicyclic) bond motifs is 1. The first-order valence-electron chi connectivity index (χ1n) is 7.93. The zero-order valence-electron chi connectivity index (χ0n) is 13.8. The number of sulfonamides is 1. The van der Waals surface area contributed by atoms with Crippen LogP contribution in [0.3, 0.4) is 0 Å². The van der Waals surface area contributed by atoms with E-state index in [4.69, 9.17) is 0 Å². The van der Waals surface area contributed by atoms with Crippen molar-refractivity contribution in [1.29, 1.82) is 0 Å². The molecular weight excluding hydrogens is 314 g/mol. The summed E-state index contributed by atoms with van der Waals surface area (Å²) in [6.07, 6.45) is 6.42. The lowest BCUT2D eigenvalue weighted by atomic mass is 9.98. The van der Waals surface area contributed by atoms with Gasteiger partial charge in [-0.3, -0.25) is 9.36 Å². The third kappa shape index (κ3) is 3.05. The van der Waals surface area contributed by atoms with Crippen LogP contribution in [0.5, 0.6) is 0 Å². The number of aromatic nitrogens is 4. The van der Waals surface area contributed by atoms with Crippen molar-refractivity contribution in [2.75, 3.05) is 6.54 Å². The summed E-state index contributed by atoms with van der Waals surface area (Å²) in [5, 5.41) is 8.57. The zero-order valence-corrected chi connectivity index (χ0v) is 14.7. The molecule has 0 spiro atoms. The third-order valence-corrected chi connectivity index (χ3v) is 6.18. The topological polar surface area (TPSA) is 81.8 Å². The predicted octanol–water partition coefficient (Wildman–Crippen LogP) is 1.09. The molecule has 2 heterocycles. The van der Waals surface area contributed by atoms with Crippen molar-refractivity contribution in [3.05, 3.63) is 28.8 Å². The van der Waals surface area contributed by atoms with Gasteiger partial charge in [-0.15, -0.1) is 0 Å². The molecule has 0 aromatic carbocycles. The Balaban J connectivity index is 1.69. The van der Waals surface area contributed by atoms with Gasteiger partial charge in [0.15, 0.2) is 0 Å². The summed E-state index contributed by atoms with van der Waals surface area (Å²) in [4.78, 5) is 0.280. The van der Waals surface area contributed by atoms with Crippen molar-refractivity contribution >= 4 is 10.0 Å². The Morgan fingerprint density at radius 3 is 2.70 bits per heavy atom. The molecule has 1 aliphatic rings. The molecule has 0 bridgehead atoms. The largest absolute Gasteiger partial charge is 0.271 e. The fourth-order valence-corrected chi connectivity index (χ4v) is 4.70. The van der Waals surface area contributed by atoms with Gasteiger partial charge >= 0.3 is 0 Å². The summed E-state index contributed by atoms with van der Waals surface area (Å²) < 4.78 is 31.2. The normalized spacial score (nSPS) is 14.9. The Bertz CT molecular complexity index is 819. The van der Waals surface area contributed by atoms with Crippen molar-refractivity contribution in [2.45, 2.75) is 51.0 Å². The van der Waals surface area contributed by atoms with E-state index in [1.807, 2.05) is 10.9 Å². The Morgan fingerprint density at radius 1 is 1.26 bits per heavy atom. The van der Waals surface area contributed by atoms with E-state index in [2.05, 4.69) is 14.9 Å². The first kappa shape index (κ1) is 16.2. The first-order chi connectivity index (χ1) is 10.9. The van der Waals surface area contributed by atoms with Gasteiger partial charge in [-0.2, -0.15) is 10.2 Å². The molecule has 0 saturated carbocycles. The van der Waals surface area contributed by atoms with Crippen LogP contribution >= 0.6 is 0 Å². The van der Waals surface area contributed by atoms with Crippen LogP contribution in [-0.2, 0) is 36.5 Å². The molecule has 0 saturated heterocycles. The van der Waals surface area contributed by atoms with Gasteiger partial charge in [-0.1, -0.05) is 0 Å². The molecule has 0 atom stereocenters. The van der Waals surface area contributed by atoms with Gasteiger partial charge in [-0.25, -0.2) is 13.1 Å². The van der Waals surface area contributed by atoms with Crippen molar-refractivity contribution in [3.63, 3.8) is 0 Å². The van der Waals surface area contributed by atoms with Gasteiger partial charge in [0, 0.05) is 19.3 Å². The Morgan fingerprint density at radius 2 is 2.00 bits per heavy atom. The maximum atomic E-state index is 12.5. The number of aryl methyl sites for hydroxylation is 3. The van der Waals surface area contributed by atoms with E-state index in [-0.39, 0.29) is 4.90 Å². The van der Waals surface area contributed by atoms with Gasteiger partial charge in [-0.05, 0) is 45.1 Å². The standard InChI is InChI=1S/C15H23N5O2S/c1-11-15(12(2)19(3)18-11)23(21,22)17-8-9-20-14-7-5-4-6-13(14)10-16-20/h10,17H,4-9H2,1-3H3. The minimum Gasteiger partial charge on any atom is -0.271 e. The van der Waals surface area contributed by atoms with Gasteiger partial charge in [0.25, 0.3) is 0 Å².